The number of allylic oxidation sites excluding steroid dienone is 1. The molecule has 4 nitrogen and oxygen atoms in total. The summed E-state index contributed by atoms with van der Waals surface area (Å²) in [5.41, 5.74) is 0. The van der Waals surface area contributed by atoms with Gasteiger partial charge in [-0.1, -0.05) is 7.43 Å². The lowest BCUT2D eigenvalue weighted by atomic mass is 10.5. The summed E-state index contributed by atoms with van der Waals surface area (Å²) < 4.78 is 53.6. The zero-order valence-corrected chi connectivity index (χ0v) is 9.98. The first-order chi connectivity index (χ1) is 8.34. The van der Waals surface area contributed by atoms with Crippen molar-refractivity contribution in [2.24, 2.45) is 0 Å². The fourth-order valence-corrected chi connectivity index (χ4v) is 0.585. The van der Waals surface area contributed by atoms with Gasteiger partial charge >= 0.3 is 5.97 Å². The van der Waals surface area contributed by atoms with Crippen LogP contribution in [0.1, 0.15) is 21.3 Å². The molecule has 0 rings (SSSR count). The number of esters is 1. The Balaban J connectivity index is -0.000000262. The summed E-state index contributed by atoms with van der Waals surface area (Å²) in [5.74, 6) is -0.734. The number of rotatable bonds is 6. The lowest BCUT2D eigenvalue weighted by Gasteiger charge is -2.06. The van der Waals surface area contributed by atoms with Crippen LogP contribution in [0.25, 0.3) is 0 Å². The Morgan fingerprint density at radius 2 is 1.74 bits per heavy atom. The third-order valence-corrected chi connectivity index (χ3v) is 1.22. The molecule has 0 fully saturated rings. The van der Waals surface area contributed by atoms with E-state index in [0.717, 1.165) is 0 Å². The Labute approximate surface area is 110 Å². The summed E-state index contributed by atoms with van der Waals surface area (Å²) >= 11 is 0. The molecule has 0 saturated heterocycles. The lowest BCUT2D eigenvalue weighted by Crippen LogP contribution is -2.20. The maximum Gasteiger partial charge on any atom is 0.330 e. The monoisotopic (exact) mass is 292 g/mol. The molecule has 0 aromatic carbocycles. The van der Waals surface area contributed by atoms with Gasteiger partial charge in [-0.3, -0.25) is 0 Å². The van der Waals surface area contributed by atoms with Crippen LogP contribution in [0.15, 0.2) is 12.2 Å². The molecule has 0 saturated carbocycles. The molecule has 8 heteroatoms. The van der Waals surface area contributed by atoms with Crippen molar-refractivity contribution < 1.29 is 36.9 Å². The highest BCUT2D eigenvalue weighted by Gasteiger charge is 2.15. The number of alkyl halides is 4. The van der Waals surface area contributed by atoms with E-state index in [2.05, 4.69) is 9.47 Å². The molecule has 19 heavy (non-hydrogen) atoms. The summed E-state index contributed by atoms with van der Waals surface area (Å²) in [7, 11) is 0. The lowest BCUT2D eigenvalue weighted by molar-refractivity contribution is -0.172. The van der Waals surface area contributed by atoms with Crippen LogP contribution in [-0.4, -0.2) is 43.4 Å². The Morgan fingerprint density at radius 3 is 2.00 bits per heavy atom. The van der Waals surface area contributed by atoms with E-state index < -0.39 is 25.1 Å². The highest BCUT2D eigenvalue weighted by atomic mass is 19.3. The van der Waals surface area contributed by atoms with Crippen molar-refractivity contribution in [3.8, 4) is 0 Å². The maximum atomic E-state index is 11.3. The standard InChI is InChI=1S/C6H8F2O2.C4H8F2O2.CH4/c1-2-10-6(9)4-3-5(7)8;1-2-8-4(7)3(5)6;/h3-5H,2H2,1H3;3-4,7H,2H2,1H3;1H4/b4-3+;;. The number of ether oxygens (including phenoxy) is 2. The van der Waals surface area contributed by atoms with Crippen molar-refractivity contribution in [3.63, 3.8) is 0 Å². The number of halogens is 4. The molecule has 1 atom stereocenters. The largest absolute Gasteiger partial charge is 0.463 e. The van der Waals surface area contributed by atoms with Crippen LogP contribution < -0.4 is 0 Å². The number of hydrogen-bond acceptors (Lipinski definition) is 4. The first-order valence-corrected chi connectivity index (χ1v) is 5.06. The molecule has 1 unspecified atom stereocenters. The van der Waals surface area contributed by atoms with E-state index in [9.17, 15) is 22.4 Å². The second-order valence-electron chi connectivity index (χ2n) is 2.63. The topological polar surface area (TPSA) is 55.8 Å². The van der Waals surface area contributed by atoms with E-state index in [4.69, 9.17) is 5.11 Å². The smallest absolute Gasteiger partial charge is 0.330 e. The van der Waals surface area contributed by atoms with Crippen molar-refractivity contribution >= 4 is 5.97 Å². The fourth-order valence-electron chi connectivity index (χ4n) is 0.585. The molecule has 0 aromatic rings. The van der Waals surface area contributed by atoms with Crippen LogP contribution in [0, 0.1) is 0 Å². The molecule has 0 aliphatic carbocycles. The van der Waals surface area contributed by atoms with E-state index >= 15 is 0 Å². The molecule has 1 N–H and O–H groups in total. The van der Waals surface area contributed by atoms with Crippen molar-refractivity contribution in [2.75, 3.05) is 13.2 Å². The van der Waals surface area contributed by atoms with E-state index in [-0.39, 0.29) is 20.6 Å². The average Bonchev–Trinajstić information content (AvgIpc) is 2.28. The van der Waals surface area contributed by atoms with Gasteiger partial charge in [-0.15, -0.1) is 0 Å². The molecule has 0 aliphatic heterocycles. The van der Waals surface area contributed by atoms with Gasteiger partial charge in [-0.25, -0.2) is 22.4 Å². The molecule has 0 amide bonds. The second-order valence-corrected chi connectivity index (χ2v) is 2.63. The minimum Gasteiger partial charge on any atom is -0.463 e. The van der Waals surface area contributed by atoms with Crippen molar-refractivity contribution in [1.29, 1.82) is 0 Å². The molecule has 0 aliphatic rings. The van der Waals surface area contributed by atoms with Gasteiger partial charge in [-0.05, 0) is 19.9 Å². The molecule has 116 valence electrons. The normalized spacial score (nSPS) is 11.8. The van der Waals surface area contributed by atoms with Crippen molar-refractivity contribution in [2.45, 2.75) is 40.4 Å². The average molecular weight is 292 g/mol. The fraction of sp³-hybridized carbons (Fsp3) is 0.727. The summed E-state index contributed by atoms with van der Waals surface area (Å²) in [6, 6.07) is 0. The van der Waals surface area contributed by atoms with Crippen molar-refractivity contribution in [1.82, 2.24) is 0 Å². The van der Waals surface area contributed by atoms with Crippen molar-refractivity contribution in [3.05, 3.63) is 12.2 Å². The summed E-state index contributed by atoms with van der Waals surface area (Å²) in [6.45, 7) is 3.44. The number of carbonyl (C=O) groups excluding carboxylic acids is 1. The van der Waals surface area contributed by atoms with Crippen LogP contribution in [0.3, 0.4) is 0 Å². The third kappa shape index (κ3) is 19.4. The molecule has 0 spiro atoms. The minimum atomic E-state index is -2.80. The highest BCUT2D eigenvalue weighted by Crippen LogP contribution is 2.00. The van der Waals surface area contributed by atoms with Gasteiger partial charge in [0.25, 0.3) is 12.9 Å². The highest BCUT2D eigenvalue weighted by molar-refractivity contribution is 5.81. The molecular weight excluding hydrogens is 272 g/mol. The zero-order chi connectivity index (χ0) is 14.6. The van der Waals surface area contributed by atoms with Crippen LogP contribution in [0.5, 0.6) is 0 Å². The van der Waals surface area contributed by atoms with E-state index in [1.807, 2.05) is 0 Å². The van der Waals surface area contributed by atoms with Crippen LogP contribution in [-0.2, 0) is 14.3 Å². The summed E-state index contributed by atoms with van der Waals surface area (Å²) in [5, 5.41) is 8.15. The van der Waals surface area contributed by atoms with E-state index in [0.29, 0.717) is 12.2 Å². The van der Waals surface area contributed by atoms with Gasteiger partial charge in [0.1, 0.15) is 0 Å². The molecule has 0 heterocycles. The Hall–Kier alpha value is -1.15. The Bertz CT molecular complexity index is 235. The number of aliphatic hydroxyl groups excluding tert-OH is 1. The van der Waals surface area contributed by atoms with Crippen LogP contribution in [0.2, 0.25) is 0 Å². The SMILES string of the molecule is C.CCOC(=O)/C=C/C(F)F.CCOC(O)C(F)F. The second kappa shape index (κ2) is 14.9. The quantitative estimate of drug-likeness (QED) is 0.354. The first-order valence-electron chi connectivity index (χ1n) is 5.06. The van der Waals surface area contributed by atoms with Gasteiger partial charge in [0.15, 0.2) is 0 Å². The molecule has 0 bridgehead atoms. The van der Waals surface area contributed by atoms with Gasteiger partial charge < -0.3 is 14.6 Å². The maximum absolute atomic E-state index is 11.3. The first kappa shape index (κ1) is 23.0. The van der Waals surface area contributed by atoms with Gasteiger partial charge in [0.2, 0.25) is 6.29 Å². The number of hydrogen-bond donors (Lipinski definition) is 1. The van der Waals surface area contributed by atoms with Crippen LogP contribution in [0.4, 0.5) is 17.6 Å². The number of aliphatic hydroxyl groups is 1. The summed E-state index contributed by atoms with van der Waals surface area (Å²) in [4.78, 5) is 10.3. The van der Waals surface area contributed by atoms with Gasteiger partial charge in [0.05, 0.1) is 6.61 Å². The van der Waals surface area contributed by atoms with E-state index in [1.165, 1.54) is 6.92 Å². The predicted molar refractivity (Wildman–Crippen MR) is 62.1 cm³/mol. The predicted octanol–water partition coefficient (Wildman–Crippen LogP) is 2.61. The van der Waals surface area contributed by atoms with Gasteiger partial charge in [-0.2, -0.15) is 0 Å². The zero-order valence-electron chi connectivity index (χ0n) is 9.98. The van der Waals surface area contributed by atoms with Gasteiger partial charge in [0, 0.05) is 12.7 Å². The summed E-state index contributed by atoms with van der Waals surface area (Å²) in [6.07, 6.45) is -6.11. The van der Waals surface area contributed by atoms with Crippen LogP contribution >= 0.6 is 0 Å². The Kier molecular flexibility index (Phi) is 18.0. The number of carbonyl (C=O) groups is 1. The minimum absolute atomic E-state index is 0. The Morgan fingerprint density at radius 1 is 1.21 bits per heavy atom. The molecule has 0 aromatic heterocycles. The van der Waals surface area contributed by atoms with E-state index in [1.54, 1.807) is 6.92 Å². The molecule has 0 radical (unpaired) electrons. The molecular formula is C11H20F4O4. The third-order valence-electron chi connectivity index (χ3n) is 1.22.